The molecule has 1 aliphatic rings. The van der Waals surface area contributed by atoms with Crippen LogP contribution in [-0.4, -0.2) is 18.6 Å². The number of benzene rings is 2. The first kappa shape index (κ1) is 17.8. The molecule has 1 aromatic heterocycles. The van der Waals surface area contributed by atoms with Gasteiger partial charge in [-0.25, -0.2) is 17.5 Å². The lowest BCUT2D eigenvalue weighted by Gasteiger charge is -2.16. The number of hydrogen-bond acceptors (Lipinski definition) is 5. The van der Waals surface area contributed by atoms with Crippen LogP contribution in [0.25, 0.3) is 11.5 Å². The monoisotopic (exact) mass is 387 g/mol. The summed E-state index contributed by atoms with van der Waals surface area (Å²) in [6.45, 7) is -0.117. The van der Waals surface area contributed by atoms with Crippen molar-refractivity contribution in [3.8, 4) is 11.5 Å². The lowest BCUT2D eigenvalue weighted by molar-refractivity contribution is 0.494. The Morgan fingerprint density at radius 2 is 1.74 bits per heavy atom. The number of halogens is 1. The number of aromatic nitrogens is 2. The Morgan fingerprint density at radius 3 is 2.52 bits per heavy atom. The number of nitrogens with one attached hydrogen (secondary N) is 1. The highest BCUT2D eigenvalue weighted by atomic mass is 32.2. The zero-order valence-electron chi connectivity index (χ0n) is 14.5. The van der Waals surface area contributed by atoms with E-state index in [1.807, 2.05) is 6.07 Å². The number of rotatable bonds is 5. The van der Waals surface area contributed by atoms with Crippen molar-refractivity contribution in [3.05, 3.63) is 65.3 Å². The Labute approximate surface area is 156 Å². The van der Waals surface area contributed by atoms with Crippen LogP contribution >= 0.6 is 0 Å². The first-order valence-electron chi connectivity index (χ1n) is 8.71. The van der Waals surface area contributed by atoms with Gasteiger partial charge in [0.25, 0.3) is 0 Å². The van der Waals surface area contributed by atoms with Crippen molar-refractivity contribution >= 4 is 10.0 Å². The van der Waals surface area contributed by atoms with Crippen LogP contribution < -0.4 is 4.72 Å². The average Bonchev–Trinajstić information content (AvgIpc) is 3.16. The molecular weight excluding hydrogens is 369 g/mol. The summed E-state index contributed by atoms with van der Waals surface area (Å²) in [7, 11) is -3.68. The van der Waals surface area contributed by atoms with Gasteiger partial charge in [-0.15, -0.1) is 10.2 Å². The standard InChI is InChI=1S/C19H18FN3O3S/c20-16-8-5-14(6-9-16)19-23-22-18(26-19)12-21-27(24,25)17-10-7-13-3-1-2-4-15(13)11-17/h5-11,21H,1-4,12H2. The minimum Gasteiger partial charge on any atom is -0.419 e. The largest absolute Gasteiger partial charge is 0.419 e. The average molecular weight is 387 g/mol. The molecule has 4 rings (SSSR count). The van der Waals surface area contributed by atoms with Crippen molar-refractivity contribution < 1.29 is 17.2 Å². The molecule has 8 heteroatoms. The molecule has 1 aliphatic carbocycles. The number of fused-ring (bicyclic) bond motifs is 1. The SMILES string of the molecule is O=S(=O)(NCc1nnc(-c2ccc(F)cc2)o1)c1ccc2c(c1)CCCC2. The molecule has 140 valence electrons. The van der Waals surface area contributed by atoms with Crippen LogP contribution in [0, 0.1) is 5.82 Å². The molecule has 6 nitrogen and oxygen atoms in total. The molecule has 0 radical (unpaired) electrons. The minimum atomic E-state index is -3.68. The third kappa shape index (κ3) is 3.91. The predicted molar refractivity (Wildman–Crippen MR) is 96.8 cm³/mol. The molecule has 0 aliphatic heterocycles. The summed E-state index contributed by atoms with van der Waals surface area (Å²) in [6.07, 6.45) is 4.13. The molecule has 2 aromatic carbocycles. The van der Waals surface area contributed by atoms with Gasteiger partial charge in [0, 0.05) is 5.56 Å². The topological polar surface area (TPSA) is 85.1 Å². The second-order valence-corrected chi connectivity index (χ2v) is 8.24. The summed E-state index contributed by atoms with van der Waals surface area (Å²) >= 11 is 0. The van der Waals surface area contributed by atoms with Crippen LogP contribution in [0.2, 0.25) is 0 Å². The molecule has 0 saturated carbocycles. The second kappa shape index (κ2) is 7.21. The minimum absolute atomic E-state index is 0.117. The maximum absolute atomic E-state index is 13.0. The summed E-state index contributed by atoms with van der Waals surface area (Å²) < 4.78 is 46.1. The smallest absolute Gasteiger partial charge is 0.247 e. The van der Waals surface area contributed by atoms with E-state index in [-0.39, 0.29) is 29.0 Å². The van der Waals surface area contributed by atoms with Crippen molar-refractivity contribution in [1.29, 1.82) is 0 Å². The summed E-state index contributed by atoms with van der Waals surface area (Å²) in [4.78, 5) is 0.237. The number of hydrogen-bond donors (Lipinski definition) is 1. The Kier molecular flexibility index (Phi) is 4.75. The van der Waals surface area contributed by atoms with Crippen LogP contribution in [0.1, 0.15) is 29.9 Å². The zero-order valence-corrected chi connectivity index (χ0v) is 15.3. The Bertz CT molecular complexity index is 1060. The molecule has 0 atom stereocenters. The van der Waals surface area contributed by atoms with Crippen molar-refractivity contribution in [2.24, 2.45) is 0 Å². The fourth-order valence-corrected chi connectivity index (χ4v) is 4.18. The van der Waals surface area contributed by atoms with Gasteiger partial charge in [0.1, 0.15) is 5.82 Å². The zero-order chi connectivity index (χ0) is 18.9. The molecular formula is C19H18FN3O3S. The first-order valence-corrected chi connectivity index (χ1v) is 10.2. The molecule has 0 fully saturated rings. The van der Waals surface area contributed by atoms with Gasteiger partial charge in [-0.2, -0.15) is 0 Å². The second-order valence-electron chi connectivity index (χ2n) is 6.47. The third-order valence-electron chi connectivity index (χ3n) is 4.60. The van der Waals surface area contributed by atoms with Crippen molar-refractivity contribution in [1.82, 2.24) is 14.9 Å². The van der Waals surface area contributed by atoms with Gasteiger partial charge in [-0.1, -0.05) is 6.07 Å². The molecule has 0 unspecified atom stereocenters. The van der Waals surface area contributed by atoms with Crippen LogP contribution in [0.3, 0.4) is 0 Å². The number of nitrogens with zero attached hydrogens (tertiary/aromatic N) is 2. The Balaban J connectivity index is 1.47. The number of sulfonamides is 1. The quantitative estimate of drug-likeness (QED) is 0.726. The van der Waals surface area contributed by atoms with Crippen LogP contribution in [0.15, 0.2) is 51.8 Å². The molecule has 1 N–H and O–H groups in total. The Morgan fingerprint density at radius 1 is 1.00 bits per heavy atom. The van der Waals surface area contributed by atoms with Gasteiger partial charge in [0.05, 0.1) is 11.4 Å². The van der Waals surface area contributed by atoms with E-state index < -0.39 is 10.0 Å². The van der Waals surface area contributed by atoms with Crippen molar-refractivity contribution in [2.45, 2.75) is 37.1 Å². The summed E-state index contributed by atoms with van der Waals surface area (Å²) in [5.41, 5.74) is 2.88. The van der Waals surface area contributed by atoms with E-state index in [1.165, 1.54) is 29.8 Å². The highest BCUT2D eigenvalue weighted by Gasteiger charge is 2.19. The van der Waals surface area contributed by atoms with E-state index >= 15 is 0 Å². The Hall–Kier alpha value is -2.58. The third-order valence-corrected chi connectivity index (χ3v) is 6.00. The van der Waals surface area contributed by atoms with E-state index in [0.29, 0.717) is 5.56 Å². The van der Waals surface area contributed by atoms with E-state index in [1.54, 1.807) is 12.1 Å². The van der Waals surface area contributed by atoms with Gasteiger partial charge in [-0.05, 0) is 73.2 Å². The van der Waals surface area contributed by atoms with Crippen molar-refractivity contribution in [3.63, 3.8) is 0 Å². The van der Waals surface area contributed by atoms with Gasteiger partial charge in [0.15, 0.2) is 0 Å². The normalized spacial score (nSPS) is 14.1. The summed E-state index contributed by atoms with van der Waals surface area (Å²) in [6, 6.07) is 10.9. The summed E-state index contributed by atoms with van der Waals surface area (Å²) in [5.74, 6) is -0.0230. The van der Waals surface area contributed by atoms with Gasteiger partial charge in [0.2, 0.25) is 21.8 Å². The van der Waals surface area contributed by atoms with Crippen LogP contribution in [0.5, 0.6) is 0 Å². The van der Waals surface area contributed by atoms with Crippen molar-refractivity contribution in [2.75, 3.05) is 0 Å². The maximum atomic E-state index is 13.0. The highest BCUT2D eigenvalue weighted by Crippen LogP contribution is 2.24. The van der Waals surface area contributed by atoms with E-state index in [9.17, 15) is 12.8 Å². The van der Waals surface area contributed by atoms with Gasteiger partial charge < -0.3 is 4.42 Å². The fourth-order valence-electron chi connectivity index (χ4n) is 3.15. The molecule has 0 amide bonds. The summed E-state index contributed by atoms with van der Waals surface area (Å²) in [5, 5.41) is 7.72. The molecule has 0 bridgehead atoms. The molecule has 3 aromatic rings. The van der Waals surface area contributed by atoms with Gasteiger partial charge in [-0.3, -0.25) is 0 Å². The van der Waals surface area contributed by atoms with E-state index in [2.05, 4.69) is 14.9 Å². The molecule has 27 heavy (non-hydrogen) atoms. The van der Waals surface area contributed by atoms with Crippen LogP contribution in [-0.2, 0) is 29.4 Å². The maximum Gasteiger partial charge on any atom is 0.247 e. The predicted octanol–water partition coefficient (Wildman–Crippen LogP) is 3.23. The van der Waals surface area contributed by atoms with Gasteiger partial charge >= 0.3 is 0 Å². The lowest BCUT2D eigenvalue weighted by Crippen LogP contribution is -2.23. The fraction of sp³-hybridized carbons (Fsp3) is 0.263. The number of aryl methyl sites for hydroxylation is 2. The molecule has 1 heterocycles. The van der Waals surface area contributed by atoms with E-state index in [4.69, 9.17) is 4.42 Å². The first-order chi connectivity index (χ1) is 13.0. The van der Waals surface area contributed by atoms with E-state index in [0.717, 1.165) is 31.2 Å². The van der Waals surface area contributed by atoms with Crippen LogP contribution in [0.4, 0.5) is 4.39 Å². The highest BCUT2D eigenvalue weighted by molar-refractivity contribution is 7.89. The lowest BCUT2D eigenvalue weighted by atomic mass is 9.92. The molecule has 0 saturated heterocycles. The molecule has 0 spiro atoms.